The molecule has 0 spiro atoms. The molecule has 0 aliphatic heterocycles. The van der Waals surface area contributed by atoms with Gasteiger partial charge in [0.1, 0.15) is 16.7 Å². The second-order valence-electron chi connectivity index (χ2n) is 2.97. The van der Waals surface area contributed by atoms with Crippen LogP contribution in [0, 0.1) is 11.6 Å². The predicted molar refractivity (Wildman–Crippen MR) is 65.2 cm³/mol. The molecule has 1 aromatic heterocycles. The van der Waals surface area contributed by atoms with Crippen molar-refractivity contribution >= 4 is 39.3 Å². The van der Waals surface area contributed by atoms with Gasteiger partial charge in [-0.3, -0.25) is 0 Å². The van der Waals surface area contributed by atoms with E-state index < -0.39 is 11.6 Å². The van der Waals surface area contributed by atoms with Crippen molar-refractivity contribution in [1.82, 2.24) is 9.97 Å². The van der Waals surface area contributed by atoms with Crippen LogP contribution in [0.4, 0.5) is 8.78 Å². The van der Waals surface area contributed by atoms with Gasteiger partial charge in [-0.05, 0) is 39.7 Å². The molecule has 17 heavy (non-hydrogen) atoms. The average molecular weight is 338 g/mol. The summed E-state index contributed by atoms with van der Waals surface area (Å²) in [7, 11) is 0. The van der Waals surface area contributed by atoms with E-state index in [1.807, 2.05) is 0 Å². The van der Waals surface area contributed by atoms with E-state index in [0.29, 0.717) is 9.50 Å². The Kier molecular flexibility index (Phi) is 3.96. The molecule has 2 rings (SSSR count). The van der Waals surface area contributed by atoms with Gasteiger partial charge in [-0.2, -0.15) is 0 Å². The fourth-order valence-corrected chi connectivity index (χ4v) is 2.47. The van der Waals surface area contributed by atoms with E-state index in [2.05, 4.69) is 25.9 Å². The molecule has 2 nitrogen and oxygen atoms in total. The van der Waals surface area contributed by atoms with Crippen LogP contribution in [-0.2, 0) is 0 Å². The van der Waals surface area contributed by atoms with Gasteiger partial charge in [0.2, 0.25) is 5.28 Å². The first-order chi connectivity index (χ1) is 8.06. The molecule has 88 valence electrons. The van der Waals surface area contributed by atoms with E-state index in [1.54, 1.807) is 0 Å². The number of hydrogen-bond donors (Lipinski definition) is 0. The highest BCUT2D eigenvalue weighted by Gasteiger charge is 2.10. The topological polar surface area (TPSA) is 25.8 Å². The van der Waals surface area contributed by atoms with Crippen molar-refractivity contribution in [3.8, 4) is 0 Å². The summed E-state index contributed by atoms with van der Waals surface area (Å²) in [6, 6.07) is 3.35. The Bertz CT molecular complexity index is 568. The summed E-state index contributed by atoms with van der Waals surface area (Å²) in [6.07, 6.45) is 1.47. The summed E-state index contributed by atoms with van der Waals surface area (Å²) < 4.78 is 26.7. The number of rotatable bonds is 2. The molecule has 0 atom stereocenters. The van der Waals surface area contributed by atoms with Crippen LogP contribution in [0.3, 0.4) is 0 Å². The third-order valence-electron chi connectivity index (χ3n) is 1.78. The minimum absolute atomic E-state index is 0.0678. The van der Waals surface area contributed by atoms with Crippen LogP contribution < -0.4 is 0 Å². The first-order valence-corrected chi connectivity index (χ1v) is 6.36. The zero-order valence-electron chi connectivity index (χ0n) is 8.12. The highest BCUT2D eigenvalue weighted by Crippen LogP contribution is 2.33. The Balaban J connectivity index is 2.34. The number of benzene rings is 1. The SMILES string of the molecule is Fc1ccc(Sc2nc(Cl)ncc2Br)c(F)c1. The minimum Gasteiger partial charge on any atom is -0.225 e. The standard InChI is InChI=1S/C10H4BrClF2N2S/c11-6-4-15-10(12)16-9(6)17-8-2-1-5(13)3-7(8)14/h1-4H. The van der Waals surface area contributed by atoms with E-state index in [9.17, 15) is 8.78 Å². The lowest BCUT2D eigenvalue weighted by Gasteiger charge is -2.04. The molecule has 0 radical (unpaired) electrons. The quantitative estimate of drug-likeness (QED) is 0.603. The first kappa shape index (κ1) is 12.7. The fraction of sp³-hybridized carbons (Fsp3) is 0. The normalized spacial score (nSPS) is 10.6. The van der Waals surface area contributed by atoms with Crippen LogP contribution in [0.15, 0.2) is 38.8 Å². The van der Waals surface area contributed by atoms with E-state index in [0.717, 1.165) is 17.8 Å². The second-order valence-corrected chi connectivity index (χ2v) is 5.19. The molecule has 0 unspecified atom stereocenters. The molecule has 0 aliphatic carbocycles. The molecule has 0 amide bonds. The lowest BCUT2D eigenvalue weighted by Crippen LogP contribution is -1.89. The summed E-state index contributed by atoms with van der Waals surface area (Å²) in [4.78, 5) is 7.97. The third-order valence-corrected chi connectivity index (χ3v) is 3.86. The van der Waals surface area contributed by atoms with Gasteiger partial charge < -0.3 is 0 Å². The van der Waals surface area contributed by atoms with E-state index in [-0.39, 0.29) is 10.2 Å². The van der Waals surface area contributed by atoms with Crippen LogP contribution in [0.1, 0.15) is 0 Å². The monoisotopic (exact) mass is 336 g/mol. The lowest BCUT2D eigenvalue weighted by molar-refractivity contribution is 0.565. The van der Waals surface area contributed by atoms with E-state index >= 15 is 0 Å². The Morgan fingerprint density at radius 1 is 1.29 bits per heavy atom. The molecule has 0 N–H and O–H groups in total. The van der Waals surface area contributed by atoms with Crippen molar-refractivity contribution in [1.29, 1.82) is 0 Å². The van der Waals surface area contributed by atoms with Crippen molar-refractivity contribution in [2.75, 3.05) is 0 Å². The zero-order chi connectivity index (χ0) is 12.4. The van der Waals surface area contributed by atoms with Crippen LogP contribution in [-0.4, -0.2) is 9.97 Å². The third kappa shape index (κ3) is 3.14. The number of halogens is 4. The summed E-state index contributed by atoms with van der Waals surface area (Å²) in [6.45, 7) is 0. The average Bonchev–Trinajstić information content (AvgIpc) is 2.27. The van der Waals surface area contributed by atoms with Crippen molar-refractivity contribution in [3.05, 3.63) is 45.8 Å². The zero-order valence-corrected chi connectivity index (χ0v) is 11.3. The Morgan fingerprint density at radius 3 is 2.76 bits per heavy atom. The molecular weight excluding hydrogens is 334 g/mol. The molecule has 1 heterocycles. The van der Waals surface area contributed by atoms with Crippen molar-refractivity contribution in [2.45, 2.75) is 9.92 Å². The van der Waals surface area contributed by atoms with Crippen molar-refractivity contribution in [2.24, 2.45) is 0 Å². The van der Waals surface area contributed by atoms with Gasteiger partial charge in [0.15, 0.2) is 0 Å². The maximum Gasteiger partial charge on any atom is 0.223 e. The fourth-order valence-electron chi connectivity index (χ4n) is 1.06. The summed E-state index contributed by atoms with van der Waals surface area (Å²) in [5.41, 5.74) is 0. The highest BCUT2D eigenvalue weighted by molar-refractivity contribution is 9.10. The molecule has 0 aliphatic rings. The Hall–Kier alpha value is -0.720. The van der Waals surface area contributed by atoms with Crippen molar-refractivity contribution < 1.29 is 8.78 Å². The molecule has 0 saturated heterocycles. The van der Waals surface area contributed by atoms with E-state index in [4.69, 9.17) is 11.6 Å². The molecule has 0 fully saturated rings. The largest absolute Gasteiger partial charge is 0.225 e. The number of hydrogen-bond acceptors (Lipinski definition) is 3. The Morgan fingerprint density at radius 2 is 2.06 bits per heavy atom. The predicted octanol–water partition coefficient (Wildman–Crippen LogP) is 4.32. The second kappa shape index (κ2) is 5.29. The summed E-state index contributed by atoms with van der Waals surface area (Å²) in [5.74, 6) is -1.26. The number of aromatic nitrogens is 2. The minimum atomic E-state index is -0.642. The summed E-state index contributed by atoms with van der Waals surface area (Å²) in [5, 5.41) is 0.536. The molecule has 1 aromatic carbocycles. The van der Waals surface area contributed by atoms with Gasteiger partial charge >= 0.3 is 0 Å². The van der Waals surface area contributed by atoms with Gasteiger partial charge in [-0.25, -0.2) is 18.7 Å². The van der Waals surface area contributed by atoms with Crippen LogP contribution >= 0.6 is 39.3 Å². The number of nitrogens with zero attached hydrogens (tertiary/aromatic N) is 2. The van der Waals surface area contributed by atoms with Gasteiger partial charge in [0.25, 0.3) is 0 Å². The molecule has 0 saturated carbocycles. The Labute approximate surface area is 114 Å². The highest BCUT2D eigenvalue weighted by atomic mass is 79.9. The van der Waals surface area contributed by atoms with Gasteiger partial charge in [-0.1, -0.05) is 11.8 Å². The van der Waals surface area contributed by atoms with Crippen LogP contribution in [0.2, 0.25) is 5.28 Å². The van der Waals surface area contributed by atoms with Gasteiger partial charge in [0, 0.05) is 17.2 Å². The molecular formula is C10H4BrClF2N2S. The summed E-state index contributed by atoms with van der Waals surface area (Å²) >= 11 is 9.90. The lowest BCUT2D eigenvalue weighted by atomic mass is 10.3. The smallest absolute Gasteiger partial charge is 0.223 e. The van der Waals surface area contributed by atoms with Crippen molar-refractivity contribution in [3.63, 3.8) is 0 Å². The molecule has 7 heteroatoms. The van der Waals surface area contributed by atoms with Gasteiger partial charge in [0.05, 0.1) is 4.47 Å². The van der Waals surface area contributed by atoms with E-state index in [1.165, 1.54) is 18.3 Å². The maximum absolute atomic E-state index is 13.4. The maximum atomic E-state index is 13.4. The van der Waals surface area contributed by atoms with Gasteiger partial charge in [-0.15, -0.1) is 0 Å². The first-order valence-electron chi connectivity index (χ1n) is 4.37. The van der Waals surface area contributed by atoms with Crippen LogP contribution in [0.5, 0.6) is 0 Å². The molecule has 2 aromatic rings. The van der Waals surface area contributed by atoms with Crippen LogP contribution in [0.25, 0.3) is 0 Å². The molecule has 0 bridgehead atoms.